The van der Waals surface area contributed by atoms with Crippen LogP contribution in [0.1, 0.15) is 6.92 Å². The first-order valence-corrected chi connectivity index (χ1v) is 5.89. The van der Waals surface area contributed by atoms with Crippen LogP contribution in [0.3, 0.4) is 0 Å². The van der Waals surface area contributed by atoms with E-state index in [0.717, 1.165) is 10.1 Å². The second-order valence-corrected chi connectivity index (χ2v) is 4.05. The number of carbonyl (C=O) groups is 1. The summed E-state index contributed by atoms with van der Waals surface area (Å²) < 4.78 is 15.1. The number of aromatic nitrogens is 1. The maximum Gasteiger partial charge on any atom is 0.411 e. The molecule has 0 aliphatic rings. The lowest BCUT2D eigenvalue weighted by molar-refractivity contribution is 0.168. The highest BCUT2D eigenvalue weighted by molar-refractivity contribution is 7.13. The van der Waals surface area contributed by atoms with Gasteiger partial charge in [0.25, 0.3) is 0 Å². The SMILES string of the molecule is CCOC(=O)Nc1ccc2snc(OC)c2c1. The van der Waals surface area contributed by atoms with Crippen molar-refractivity contribution in [2.45, 2.75) is 6.92 Å². The zero-order chi connectivity index (χ0) is 12.3. The van der Waals surface area contributed by atoms with Crippen LogP contribution in [0, 0.1) is 0 Å². The Morgan fingerprint density at radius 2 is 2.35 bits per heavy atom. The molecule has 0 saturated carbocycles. The summed E-state index contributed by atoms with van der Waals surface area (Å²) >= 11 is 1.36. The van der Waals surface area contributed by atoms with E-state index < -0.39 is 6.09 Å². The van der Waals surface area contributed by atoms with Crippen molar-refractivity contribution >= 4 is 33.4 Å². The Hall–Kier alpha value is -1.82. The Morgan fingerprint density at radius 3 is 3.06 bits per heavy atom. The first-order valence-electron chi connectivity index (χ1n) is 5.11. The van der Waals surface area contributed by atoms with Crippen LogP contribution in [0.25, 0.3) is 10.1 Å². The summed E-state index contributed by atoms with van der Waals surface area (Å²) in [6.07, 6.45) is -0.464. The van der Waals surface area contributed by atoms with Gasteiger partial charge in [0.2, 0.25) is 5.88 Å². The lowest BCUT2D eigenvalue weighted by Crippen LogP contribution is -2.13. The van der Waals surface area contributed by atoms with Gasteiger partial charge in [0, 0.05) is 5.69 Å². The van der Waals surface area contributed by atoms with Gasteiger partial charge in [0.1, 0.15) is 0 Å². The molecular formula is C11H12N2O3S. The minimum Gasteiger partial charge on any atom is -0.480 e. The predicted molar refractivity (Wildman–Crippen MR) is 66.8 cm³/mol. The molecule has 5 nitrogen and oxygen atoms in total. The van der Waals surface area contributed by atoms with Crippen LogP contribution in [-0.4, -0.2) is 24.2 Å². The second kappa shape index (κ2) is 5.01. The molecule has 0 fully saturated rings. The number of methoxy groups -OCH3 is 1. The van der Waals surface area contributed by atoms with Gasteiger partial charge in [-0.1, -0.05) is 0 Å². The molecule has 1 aromatic heterocycles. The van der Waals surface area contributed by atoms with E-state index in [1.807, 2.05) is 12.1 Å². The van der Waals surface area contributed by atoms with Gasteiger partial charge in [0.05, 0.1) is 23.8 Å². The van der Waals surface area contributed by atoms with Gasteiger partial charge in [-0.05, 0) is 36.7 Å². The van der Waals surface area contributed by atoms with Crippen LogP contribution < -0.4 is 10.1 Å². The Morgan fingerprint density at radius 1 is 1.53 bits per heavy atom. The molecule has 0 aliphatic heterocycles. The van der Waals surface area contributed by atoms with E-state index in [0.29, 0.717) is 18.2 Å². The lowest BCUT2D eigenvalue weighted by Gasteiger charge is -2.05. The fourth-order valence-electron chi connectivity index (χ4n) is 1.43. The summed E-state index contributed by atoms with van der Waals surface area (Å²) in [5.74, 6) is 0.567. The third kappa shape index (κ3) is 2.47. The summed E-state index contributed by atoms with van der Waals surface area (Å²) in [5.41, 5.74) is 0.662. The Bertz CT molecular complexity index is 538. The molecule has 0 atom stereocenters. The maximum atomic E-state index is 11.3. The number of nitrogens with zero attached hydrogens (tertiary/aromatic N) is 1. The number of ether oxygens (including phenoxy) is 2. The van der Waals surface area contributed by atoms with Crippen molar-refractivity contribution in [2.24, 2.45) is 0 Å². The molecule has 2 aromatic rings. The first-order chi connectivity index (χ1) is 8.24. The van der Waals surface area contributed by atoms with Crippen LogP contribution in [0.4, 0.5) is 10.5 Å². The summed E-state index contributed by atoms with van der Waals surface area (Å²) in [6, 6.07) is 5.50. The van der Waals surface area contributed by atoms with E-state index in [1.54, 1.807) is 20.1 Å². The van der Waals surface area contributed by atoms with E-state index in [9.17, 15) is 4.79 Å². The standard InChI is InChI=1S/C11H12N2O3S/c1-3-16-11(14)12-7-4-5-9-8(6-7)10(15-2)13-17-9/h4-6H,3H2,1-2H3,(H,12,14). The van der Waals surface area contributed by atoms with Crippen molar-refractivity contribution in [3.8, 4) is 5.88 Å². The van der Waals surface area contributed by atoms with Gasteiger partial charge in [-0.3, -0.25) is 5.32 Å². The van der Waals surface area contributed by atoms with E-state index in [2.05, 4.69) is 9.69 Å². The number of nitrogens with one attached hydrogen (secondary N) is 1. The first kappa shape index (κ1) is 11.7. The molecule has 1 N–H and O–H groups in total. The highest BCUT2D eigenvalue weighted by atomic mass is 32.1. The number of carbonyl (C=O) groups excluding carboxylic acids is 1. The minimum atomic E-state index is -0.464. The number of fused-ring (bicyclic) bond motifs is 1. The van der Waals surface area contributed by atoms with E-state index in [4.69, 9.17) is 9.47 Å². The molecule has 90 valence electrons. The van der Waals surface area contributed by atoms with Crippen LogP contribution in [-0.2, 0) is 4.74 Å². The van der Waals surface area contributed by atoms with Crippen LogP contribution in [0.15, 0.2) is 18.2 Å². The molecule has 2 rings (SSSR count). The molecule has 0 aliphatic carbocycles. The monoisotopic (exact) mass is 252 g/mol. The lowest BCUT2D eigenvalue weighted by atomic mass is 10.2. The molecule has 1 amide bonds. The number of benzene rings is 1. The maximum absolute atomic E-state index is 11.3. The fraction of sp³-hybridized carbons (Fsp3) is 0.273. The van der Waals surface area contributed by atoms with Crippen LogP contribution in [0.2, 0.25) is 0 Å². The van der Waals surface area contributed by atoms with Crippen molar-refractivity contribution < 1.29 is 14.3 Å². The Balaban J connectivity index is 2.27. The average Bonchev–Trinajstić information content (AvgIpc) is 2.71. The molecule has 17 heavy (non-hydrogen) atoms. The quantitative estimate of drug-likeness (QED) is 0.912. The molecule has 0 saturated heterocycles. The summed E-state index contributed by atoms with van der Waals surface area (Å²) in [7, 11) is 1.57. The Labute approximate surface area is 103 Å². The third-order valence-corrected chi connectivity index (χ3v) is 2.96. The number of anilines is 1. The summed E-state index contributed by atoms with van der Waals surface area (Å²) in [6.45, 7) is 2.10. The average molecular weight is 252 g/mol. The smallest absolute Gasteiger partial charge is 0.411 e. The number of rotatable bonds is 3. The topological polar surface area (TPSA) is 60.5 Å². The highest BCUT2D eigenvalue weighted by Crippen LogP contribution is 2.30. The third-order valence-electron chi connectivity index (χ3n) is 2.15. The van der Waals surface area contributed by atoms with Crippen LogP contribution >= 0.6 is 11.5 Å². The normalized spacial score (nSPS) is 10.2. The van der Waals surface area contributed by atoms with Crippen molar-refractivity contribution in [1.29, 1.82) is 0 Å². The van der Waals surface area contributed by atoms with Gasteiger partial charge in [-0.15, -0.1) is 0 Å². The summed E-state index contributed by atoms with van der Waals surface area (Å²) in [4.78, 5) is 11.3. The predicted octanol–water partition coefficient (Wildman–Crippen LogP) is 2.87. The molecular weight excluding hydrogens is 240 g/mol. The van der Waals surface area contributed by atoms with Gasteiger partial charge < -0.3 is 9.47 Å². The second-order valence-electron chi connectivity index (χ2n) is 3.25. The summed E-state index contributed by atoms with van der Waals surface area (Å²) in [5, 5.41) is 3.52. The molecule has 1 heterocycles. The molecule has 1 aromatic carbocycles. The number of amides is 1. The van der Waals surface area contributed by atoms with Gasteiger partial charge in [-0.25, -0.2) is 4.79 Å². The van der Waals surface area contributed by atoms with E-state index >= 15 is 0 Å². The van der Waals surface area contributed by atoms with Crippen molar-refractivity contribution in [3.05, 3.63) is 18.2 Å². The Kier molecular flexibility index (Phi) is 3.43. The zero-order valence-corrected chi connectivity index (χ0v) is 10.3. The van der Waals surface area contributed by atoms with Gasteiger partial charge in [-0.2, -0.15) is 4.37 Å². The van der Waals surface area contributed by atoms with Gasteiger partial charge in [0.15, 0.2) is 0 Å². The zero-order valence-electron chi connectivity index (χ0n) is 9.52. The van der Waals surface area contributed by atoms with E-state index in [1.165, 1.54) is 11.5 Å². The van der Waals surface area contributed by atoms with E-state index in [-0.39, 0.29) is 0 Å². The largest absolute Gasteiger partial charge is 0.480 e. The fourth-order valence-corrected chi connectivity index (χ4v) is 2.15. The number of hydrogen-bond acceptors (Lipinski definition) is 5. The van der Waals surface area contributed by atoms with Crippen LogP contribution in [0.5, 0.6) is 5.88 Å². The highest BCUT2D eigenvalue weighted by Gasteiger charge is 2.08. The molecule has 6 heteroatoms. The van der Waals surface area contributed by atoms with Crippen molar-refractivity contribution in [2.75, 3.05) is 19.0 Å². The van der Waals surface area contributed by atoms with Crippen molar-refractivity contribution in [1.82, 2.24) is 4.37 Å². The molecule has 0 spiro atoms. The molecule has 0 radical (unpaired) electrons. The number of hydrogen-bond donors (Lipinski definition) is 1. The van der Waals surface area contributed by atoms with Gasteiger partial charge >= 0.3 is 6.09 Å². The molecule has 0 unspecified atom stereocenters. The molecule has 0 bridgehead atoms. The van der Waals surface area contributed by atoms with Crippen molar-refractivity contribution in [3.63, 3.8) is 0 Å². The minimum absolute atomic E-state index is 0.345.